The normalized spacial score (nSPS) is 16.2. The van der Waals surface area contributed by atoms with Gasteiger partial charge in [-0.1, -0.05) is 29.8 Å². The van der Waals surface area contributed by atoms with Crippen LogP contribution < -0.4 is 10.6 Å². The van der Waals surface area contributed by atoms with Gasteiger partial charge in [0.25, 0.3) is 0 Å². The molecule has 1 fully saturated rings. The van der Waals surface area contributed by atoms with Gasteiger partial charge in [-0.25, -0.2) is 4.99 Å². The molecule has 0 amide bonds. The Labute approximate surface area is 194 Å². The number of rotatable bonds is 7. The van der Waals surface area contributed by atoms with Gasteiger partial charge in [0.05, 0.1) is 31.5 Å². The summed E-state index contributed by atoms with van der Waals surface area (Å²) in [5.74, 6) is 0.786. The number of hydrogen-bond donors (Lipinski definition) is 2. The lowest BCUT2D eigenvalue weighted by Gasteiger charge is -2.35. The Morgan fingerprint density at radius 2 is 2.00 bits per heavy atom. The molecule has 3 rings (SSSR count). The van der Waals surface area contributed by atoms with Crippen LogP contribution in [0.3, 0.4) is 0 Å². The highest BCUT2D eigenvalue weighted by molar-refractivity contribution is 14.0. The highest BCUT2D eigenvalue weighted by Crippen LogP contribution is 2.27. The predicted octanol–water partition coefficient (Wildman–Crippen LogP) is 2.82. The summed E-state index contributed by atoms with van der Waals surface area (Å²) in [7, 11) is 1.93. The average Bonchev–Trinajstić information content (AvgIpc) is 3.13. The minimum absolute atomic E-state index is 0. The van der Waals surface area contributed by atoms with Crippen LogP contribution in [0.5, 0.6) is 0 Å². The van der Waals surface area contributed by atoms with Crippen molar-refractivity contribution in [3.05, 3.63) is 52.8 Å². The first-order valence-corrected chi connectivity index (χ1v) is 10.1. The number of hydrogen-bond acceptors (Lipinski definition) is 4. The fourth-order valence-electron chi connectivity index (χ4n) is 3.32. The van der Waals surface area contributed by atoms with Crippen molar-refractivity contribution < 1.29 is 4.74 Å². The van der Waals surface area contributed by atoms with Crippen LogP contribution in [0, 0.1) is 0 Å². The topological polar surface area (TPSA) is 66.7 Å². The maximum atomic E-state index is 6.52. The Balaban J connectivity index is 0.00000300. The zero-order valence-corrected chi connectivity index (χ0v) is 20.1. The van der Waals surface area contributed by atoms with Crippen LogP contribution in [0.25, 0.3) is 0 Å². The van der Waals surface area contributed by atoms with E-state index >= 15 is 0 Å². The molecule has 0 bridgehead atoms. The third-order valence-electron chi connectivity index (χ3n) is 4.88. The smallest absolute Gasteiger partial charge is 0.191 e. The quantitative estimate of drug-likeness (QED) is 0.326. The Kier molecular flexibility index (Phi) is 10.2. The van der Waals surface area contributed by atoms with Gasteiger partial charge in [-0.05, 0) is 24.6 Å². The van der Waals surface area contributed by atoms with Crippen molar-refractivity contribution in [2.75, 3.05) is 39.4 Å². The standard InChI is InChI=1S/C20H29ClN6O.HI/c1-3-22-20(23-14-16-8-9-25-26(16)2)24-15-19(27-10-12-28-13-11-27)17-6-4-5-7-18(17)21;/h4-9,19H,3,10-15H2,1-2H3,(H2,22,23,24);1H. The highest BCUT2D eigenvalue weighted by Gasteiger charge is 2.24. The summed E-state index contributed by atoms with van der Waals surface area (Å²) < 4.78 is 7.37. The molecule has 160 valence electrons. The number of aliphatic imine (C=N–C) groups is 1. The molecule has 29 heavy (non-hydrogen) atoms. The number of nitrogens with zero attached hydrogens (tertiary/aromatic N) is 4. The molecule has 2 N–H and O–H groups in total. The van der Waals surface area contributed by atoms with E-state index in [2.05, 4.69) is 33.6 Å². The molecule has 0 radical (unpaired) electrons. The van der Waals surface area contributed by atoms with Crippen LogP contribution in [-0.2, 0) is 18.3 Å². The van der Waals surface area contributed by atoms with Gasteiger partial charge in [-0.2, -0.15) is 5.10 Å². The molecule has 1 unspecified atom stereocenters. The van der Waals surface area contributed by atoms with Gasteiger partial charge in [0.2, 0.25) is 0 Å². The van der Waals surface area contributed by atoms with Crippen molar-refractivity contribution in [3.8, 4) is 0 Å². The lowest BCUT2D eigenvalue weighted by atomic mass is 10.0. The number of nitrogens with one attached hydrogen (secondary N) is 2. The summed E-state index contributed by atoms with van der Waals surface area (Å²) >= 11 is 6.52. The first-order valence-electron chi connectivity index (χ1n) is 9.74. The molecule has 9 heteroatoms. The van der Waals surface area contributed by atoms with E-state index in [9.17, 15) is 0 Å². The zero-order valence-electron chi connectivity index (χ0n) is 17.0. The van der Waals surface area contributed by atoms with E-state index in [1.807, 2.05) is 36.0 Å². The van der Waals surface area contributed by atoms with Crippen molar-refractivity contribution in [3.63, 3.8) is 0 Å². The van der Waals surface area contributed by atoms with Gasteiger partial charge in [-0.3, -0.25) is 9.58 Å². The van der Waals surface area contributed by atoms with E-state index < -0.39 is 0 Å². The molecular weight excluding hydrogens is 503 g/mol. The number of morpholine rings is 1. The Bertz CT molecular complexity index is 778. The van der Waals surface area contributed by atoms with Crippen molar-refractivity contribution in [2.45, 2.75) is 19.5 Å². The second kappa shape index (κ2) is 12.4. The molecule has 1 aliphatic heterocycles. The summed E-state index contributed by atoms with van der Waals surface area (Å²) in [6.45, 7) is 7.41. The lowest BCUT2D eigenvalue weighted by Crippen LogP contribution is -2.46. The van der Waals surface area contributed by atoms with Crippen LogP contribution in [0.2, 0.25) is 5.02 Å². The molecule has 2 heterocycles. The summed E-state index contributed by atoms with van der Waals surface area (Å²) in [6.07, 6.45) is 1.79. The molecule has 2 aromatic rings. The van der Waals surface area contributed by atoms with Crippen molar-refractivity contribution >= 4 is 41.5 Å². The Morgan fingerprint density at radius 1 is 1.24 bits per heavy atom. The molecule has 1 aliphatic rings. The summed E-state index contributed by atoms with van der Waals surface area (Å²) in [4.78, 5) is 7.13. The van der Waals surface area contributed by atoms with Gasteiger partial charge < -0.3 is 15.4 Å². The van der Waals surface area contributed by atoms with Crippen molar-refractivity contribution in [1.29, 1.82) is 0 Å². The molecule has 1 aromatic heterocycles. The maximum Gasteiger partial charge on any atom is 0.191 e. The van der Waals surface area contributed by atoms with Crippen molar-refractivity contribution in [1.82, 2.24) is 25.3 Å². The molecular formula is C20H30ClIN6O. The second-order valence-electron chi connectivity index (χ2n) is 6.71. The van der Waals surface area contributed by atoms with Crippen LogP contribution in [0.15, 0.2) is 41.5 Å². The van der Waals surface area contributed by atoms with Crippen molar-refractivity contribution in [2.24, 2.45) is 12.0 Å². The van der Waals surface area contributed by atoms with Crippen LogP contribution >= 0.6 is 35.6 Å². The van der Waals surface area contributed by atoms with E-state index in [-0.39, 0.29) is 30.0 Å². The molecule has 1 saturated heterocycles. The fraction of sp³-hybridized carbons (Fsp3) is 0.500. The van der Waals surface area contributed by atoms with E-state index in [1.54, 1.807) is 6.20 Å². The molecule has 1 atom stereocenters. The Hall–Kier alpha value is -1.36. The third kappa shape index (κ3) is 6.84. The fourth-order valence-corrected chi connectivity index (χ4v) is 3.58. The first-order chi connectivity index (χ1) is 13.7. The molecule has 1 aromatic carbocycles. The number of aromatic nitrogens is 2. The minimum Gasteiger partial charge on any atom is -0.379 e. The molecule has 0 aliphatic carbocycles. The van der Waals surface area contributed by atoms with Crippen LogP contribution in [0.4, 0.5) is 0 Å². The van der Waals surface area contributed by atoms with Gasteiger partial charge in [0.1, 0.15) is 0 Å². The molecule has 0 spiro atoms. The van der Waals surface area contributed by atoms with Crippen LogP contribution in [0.1, 0.15) is 24.2 Å². The number of guanidine groups is 1. The highest BCUT2D eigenvalue weighted by atomic mass is 127. The van der Waals surface area contributed by atoms with Gasteiger partial charge in [0.15, 0.2) is 5.96 Å². The lowest BCUT2D eigenvalue weighted by molar-refractivity contribution is 0.0170. The second-order valence-corrected chi connectivity index (χ2v) is 7.12. The monoisotopic (exact) mass is 532 g/mol. The van der Waals surface area contributed by atoms with E-state index in [0.29, 0.717) is 13.1 Å². The number of halogens is 2. The summed E-state index contributed by atoms with van der Waals surface area (Å²) in [6, 6.07) is 10.2. The number of ether oxygens (including phenoxy) is 1. The largest absolute Gasteiger partial charge is 0.379 e. The van der Waals surface area contributed by atoms with E-state index in [0.717, 1.165) is 55.1 Å². The van der Waals surface area contributed by atoms with Crippen LogP contribution in [-0.4, -0.2) is 60.0 Å². The van der Waals surface area contributed by atoms with Gasteiger partial charge in [-0.15, -0.1) is 24.0 Å². The SMILES string of the molecule is CCNC(=NCc1ccnn1C)NCC(c1ccccc1Cl)N1CCOCC1.I. The summed E-state index contributed by atoms with van der Waals surface area (Å²) in [5, 5.41) is 11.8. The number of benzene rings is 1. The van der Waals surface area contributed by atoms with E-state index in [1.165, 1.54) is 0 Å². The van der Waals surface area contributed by atoms with Gasteiger partial charge >= 0.3 is 0 Å². The summed E-state index contributed by atoms with van der Waals surface area (Å²) in [5.41, 5.74) is 2.19. The zero-order chi connectivity index (χ0) is 19.8. The minimum atomic E-state index is 0. The molecule has 0 saturated carbocycles. The number of aryl methyl sites for hydroxylation is 1. The Morgan fingerprint density at radius 3 is 2.66 bits per heavy atom. The third-order valence-corrected chi connectivity index (χ3v) is 5.22. The maximum absolute atomic E-state index is 6.52. The average molecular weight is 533 g/mol. The molecule has 7 nitrogen and oxygen atoms in total. The van der Waals surface area contributed by atoms with E-state index in [4.69, 9.17) is 21.3 Å². The predicted molar refractivity (Wildman–Crippen MR) is 128 cm³/mol. The first kappa shape index (κ1) is 23.9. The van der Waals surface area contributed by atoms with Gasteiger partial charge in [0, 0.05) is 44.4 Å².